The summed E-state index contributed by atoms with van der Waals surface area (Å²) in [6, 6.07) is 7.66. The van der Waals surface area contributed by atoms with Crippen LogP contribution in [0.1, 0.15) is 12.6 Å². The lowest BCUT2D eigenvalue weighted by atomic mass is 10.2. The normalized spacial score (nSPS) is 15.2. The molecule has 1 N–H and O–H groups in total. The van der Waals surface area contributed by atoms with E-state index in [1.807, 2.05) is 30.5 Å². The highest BCUT2D eigenvalue weighted by Gasteiger charge is 2.16. The van der Waals surface area contributed by atoms with Crippen molar-refractivity contribution >= 4 is 17.3 Å². The summed E-state index contributed by atoms with van der Waals surface area (Å²) in [5.41, 5.74) is 3.27. The van der Waals surface area contributed by atoms with Crippen LogP contribution >= 0.6 is 11.6 Å². The number of nitrogens with zero attached hydrogens (tertiary/aromatic N) is 3. The summed E-state index contributed by atoms with van der Waals surface area (Å²) in [5.74, 6) is 0.766. The summed E-state index contributed by atoms with van der Waals surface area (Å²) in [5, 5.41) is 4.10. The molecule has 2 heterocycles. The molecular formula is C16H19ClN4. The van der Waals surface area contributed by atoms with Gasteiger partial charge >= 0.3 is 0 Å². The second-order valence-corrected chi connectivity index (χ2v) is 5.56. The van der Waals surface area contributed by atoms with Crippen LogP contribution < -0.4 is 10.2 Å². The third-order valence-electron chi connectivity index (χ3n) is 3.74. The summed E-state index contributed by atoms with van der Waals surface area (Å²) >= 11 is 5.93. The van der Waals surface area contributed by atoms with Crippen molar-refractivity contribution in [3.8, 4) is 11.4 Å². The molecule has 4 nitrogen and oxygen atoms in total. The van der Waals surface area contributed by atoms with Crippen LogP contribution in [0.3, 0.4) is 0 Å². The van der Waals surface area contributed by atoms with E-state index >= 15 is 0 Å². The highest BCUT2D eigenvalue weighted by Crippen LogP contribution is 2.24. The Morgan fingerprint density at radius 3 is 2.57 bits per heavy atom. The van der Waals surface area contributed by atoms with E-state index in [9.17, 15) is 0 Å². The monoisotopic (exact) mass is 302 g/mol. The van der Waals surface area contributed by atoms with Gasteiger partial charge < -0.3 is 10.2 Å². The van der Waals surface area contributed by atoms with Crippen molar-refractivity contribution in [2.24, 2.45) is 0 Å². The molecule has 1 aliphatic heterocycles. The summed E-state index contributed by atoms with van der Waals surface area (Å²) in [6.07, 6.45) is 2.86. The molecule has 1 saturated heterocycles. The molecule has 1 fully saturated rings. The molecule has 0 atom stereocenters. The number of aryl methyl sites for hydroxylation is 1. The largest absolute Gasteiger partial charge is 0.366 e. The molecule has 0 aliphatic carbocycles. The van der Waals surface area contributed by atoms with Gasteiger partial charge in [-0.3, -0.25) is 0 Å². The molecule has 110 valence electrons. The molecule has 0 saturated carbocycles. The lowest BCUT2D eigenvalue weighted by molar-refractivity contribution is 0.586. The molecule has 1 aromatic carbocycles. The van der Waals surface area contributed by atoms with Crippen LogP contribution in [0.5, 0.6) is 0 Å². The Labute approximate surface area is 130 Å². The summed E-state index contributed by atoms with van der Waals surface area (Å²) in [6.45, 7) is 6.19. The maximum Gasteiger partial charge on any atom is 0.159 e. The predicted octanol–water partition coefficient (Wildman–Crippen LogP) is 2.77. The zero-order chi connectivity index (χ0) is 14.7. The first-order valence-corrected chi connectivity index (χ1v) is 7.73. The molecule has 0 radical (unpaired) electrons. The fraction of sp³-hybridized carbons (Fsp3) is 0.375. The van der Waals surface area contributed by atoms with E-state index in [0.717, 1.165) is 60.4 Å². The number of halogens is 1. The molecule has 1 aliphatic rings. The second-order valence-electron chi connectivity index (χ2n) is 5.12. The Kier molecular flexibility index (Phi) is 4.36. The van der Waals surface area contributed by atoms with Gasteiger partial charge in [0.15, 0.2) is 5.82 Å². The topological polar surface area (TPSA) is 41.1 Å². The van der Waals surface area contributed by atoms with Gasteiger partial charge in [-0.1, -0.05) is 18.5 Å². The maximum atomic E-state index is 5.93. The van der Waals surface area contributed by atoms with Crippen LogP contribution in [0.4, 0.5) is 5.69 Å². The van der Waals surface area contributed by atoms with Crippen LogP contribution in [-0.2, 0) is 6.42 Å². The first kappa shape index (κ1) is 14.3. The minimum atomic E-state index is 0.729. The predicted molar refractivity (Wildman–Crippen MR) is 86.9 cm³/mol. The number of piperazine rings is 1. The fourth-order valence-electron chi connectivity index (χ4n) is 2.58. The lowest BCUT2D eigenvalue weighted by Crippen LogP contribution is -2.44. The molecule has 2 aromatic rings. The third kappa shape index (κ3) is 3.17. The molecule has 21 heavy (non-hydrogen) atoms. The Bertz CT molecular complexity index is 606. The zero-order valence-electron chi connectivity index (χ0n) is 12.1. The fourth-order valence-corrected chi connectivity index (χ4v) is 2.70. The van der Waals surface area contributed by atoms with Crippen LogP contribution in [0.15, 0.2) is 30.5 Å². The van der Waals surface area contributed by atoms with Gasteiger partial charge in [0.05, 0.1) is 17.6 Å². The number of hydrogen-bond acceptors (Lipinski definition) is 4. The van der Waals surface area contributed by atoms with E-state index in [2.05, 4.69) is 22.1 Å². The Hall–Kier alpha value is -1.65. The quantitative estimate of drug-likeness (QED) is 0.946. The molecule has 0 unspecified atom stereocenters. The average molecular weight is 303 g/mol. The van der Waals surface area contributed by atoms with Gasteiger partial charge in [-0.25, -0.2) is 9.97 Å². The smallest absolute Gasteiger partial charge is 0.159 e. The molecule has 0 spiro atoms. The number of hydrogen-bond donors (Lipinski definition) is 1. The zero-order valence-corrected chi connectivity index (χ0v) is 12.9. The van der Waals surface area contributed by atoms with E-state index in [1.54, 1.807) is 0 Å². The van der Waals surface area contributed by atoms with E-state index in [-0.39, 0.29) is 0 Å². The van der Waals surface area contributed by atoms with E-state index in [4.69, 9.17) is 16.6 Å². The van der Waals surface area contributed by atoms with Crippen LogP contribution in [0, 0.1) is 0 Å². The van der Waals surface area contributed by atoms with E-state index in [1.165, 1.54) is 0 Å². The van der Waals surface area contributed by atoms with Gasteiger partial charge in [-0.2, -0.15) is 0 Å². The summed E-state index contributed by atoms with van der Waals surface area (Å²) < 4.78 is 0. The first-order chi connectivity index (χ1) is 10.3. The van der Waals surface area contributed by atoms with Gasteiger partial charge in [-0.05, 0) is 30.7 Å². The van der Waals surface area contributed by atoms with Gasteiger partial charge in [0.25, 0.3) is 0 Å². The van der Waals surface area contributed by atoms with Crippen molar-refractivity contribution in [1.29, 1.82) is 0 Å². The maximum absolute atomic E-state index is 5.93. The third-order valence-corrected chi connectivity index (χ3v) is 3.99. The number of benzene rings is 1. The number of aromatic nitrogens is 2. The SMILES string of the molecule is CCc1nc(-c2ccc(Cl)cc2)ncc1N1CCNCC1. The van der Waals surface area contributed by atoms with Gasteiger partial charge in [0, 0.05) is 36.8 Å². The van der Waals surface area contributed by atoms with Crippen molar-refractivity contribution in [1.82, 2.24) is 15.3 Å². The van der Waals surface area contributed by atoms with E-state index in [0.29, 0.717) is 0 Å². The number of nitrogens with one attached hydrogen (secondary N) is 1. The van der Waals surface area contributed by atoms with Crippen LogP contribution in [-0.4, -0.2) is 36.1 Å². The summed E-state index contributed by atoms with van der Waals surface area (Å²) in [7, 11) is 0. The van der Waals surface area contributed by atoms with Gasteiger partial charge in [-0.15, -0.1) is 0 Å². The highest BCUT2D eigenvalue weighted by atomic mass is 35.5. The van der Waals surface area contributed by atoms with Gasteiger partial charge in [0.1, 0.15) is 0 Å². The van der Waals surface area contributed by atoms with Crippen molar-refractivity contribution in [3.05, 3.63) is 41.2 Å². The number of anilines is 1. The lowest BCUT2D eigenvalue weighted by Gasteiger charge is -2.30. The minimum Gasteiger partial charge on any atom is -0.366 e. The Morgan fingerprint density at radius 1 is 1.19 bits per heavy atom. The molecule has 3 rings (SSSR count). The van der Waals surface area contributed by atoms with Crippen molar-refractivity contribution in [3.63, 3.8) is 0 Å². The molecular weight excluding hydrogens is 284 g/mol. The highest BCUT2D eigenvalue weighted by molar-refractivity contribution is 6.30. The van der Waals surface area contributed by atoms with Crippen LogP contribution in [0.25, 0.3) is 11.4 Å². The molecule has 0 amide bonds. The standard InChI is InChI=1S/C16H19ClN4/c1-2-14-15(21-9-7-18-8-10-21)11-19-16(20-14)12-3-5-13(17)6-4-12/h3-6,11,18H,2,7-10H2,1H3. The second kappa shape index (κ2) is 6.41. The van der Waals surface area contributed by atoms with E-state index < -0.39 is 0 Å². The molecule has 1 aromatic heterocycles. The Balaban J connectivity index is 1.92. The van der Waals surface area contributed by atoms with Crippen molar-refractivity contribution in [2.75, 3.05) is 31.1 Å². The Morgan fingerprint density at radius 2 is 1.90 bits per heavy atom. The van der Waals surface area contributed by atoms with Gasteiger partial charge in [0.2, 0.25) is 0 Å². The molecule has 0 bridgehead atoms. The summed E-state index contributed by atoms with van der Waals surface area (Å²) in [4.78, 5) is 11.7. The van der Waals surface area contributed by atoms with Crippen molar-refractivity contribution in [2.45, 2.75) is 13.3 Å². The number of rotatable bonds is 3. The van der Waals surface area contributed by atoms with Crippen LogP contribution in [0.2, 0.25) is 5.02 Å². The van der Waals surface area contributed by atoms with Crippen molar-refractivity contribution < 1.29 is 0 Å². The minimum absolute atomic E-state index is 0.729. The average Bonchev–Trinajstić information content (AvgIpc) is 2.56. The molecule has 5 heteroatoms. The first-order valence-electron chi connectivity index (χ1n) is 7.35.